The molecule has 0 radical (unpaired) electrons. The molecular formula is C15H26N4O. The molecule has 1 heterocycles. The van der Waals surface area contributed by atoms with E-state index in [9.17, 15) is 4.79 Å². The van der Waals surface area contributed by atoms with Crippen LogP contribution in [0.4, 0.5) is 5.82 Å². The van der Waals surface area contributed by atoms with E-state index in [0.29, 0.717) is 24.4 Å². The molecule has 1 aliphatic carbocycles. The first-order valence-electron chi connectivity index (χ1n) is 7.69. The summed E-state index contributed by atoms with van der Waals surface area (Å²) in [5, 5.41) is 3.51. The molecule has 0 amide bonds. The van der Waals surface area contributed by atoms with Crippen molar-refractivity contribution in [3.63, 3.8) is 0 Å². The van der Waals surface area contributed by atoms with Crippen LogP contribution in [0.3, 0.4) is 0 Å². The topological polar surface area (TPSA) is 50.2 Å². The first-order valence-corrected chi connectivity index (χ1v) is 7.69. The second kappa shape index (κ2) is 6.88. The Labute approximate surface area is 121 Å². The zero-order chi connectivity index (χ0) is 14.5. The van der Waals surface area contributed by atoms with Crippen molar-refractivity contribution in [2.45, 2.75) is 58.2 Å². The molecule has 0 atom stereocenters. The lowest BCUT2D eigenvalue weighted by Crippen LogP contribution is -2.43. The largest absolute Gasteiger partial charge is 0.352 e. The van der Waals surface area contributed by atoms with Crippen LogP contribution in [0.5, 0.6) is 0 Å². The Morgan fingerprint density at radius 2 is 2.05 bits per heavy atom. The number of hydrogen-bond acceptors (Lipinski definition) is 4. The standard InChI is InChI=1S/C15H26N4O/c1-4-16-12-6-8-13(9-7-12)18(3)14-15(20)19(5-2)11-10-17-14/h10-13,16H,4-9H2,1-3H3. The van der Waals surface area contributed by atoms with Gasteiger partial charge in [-0.3, -0.25) is 4.79 Å². The van der Waals surface area contributed by atoms with E-state index in [0.717, 1.165) is 19.4 Å². The van der Waals surface area contributed by atoms with E-state index in [4.69, 9.17) is 0 Å². The Hall–Kier alpha value is -1.36. The zero-order valence-electron chi connectivity index (χ0n) is 12.8. The average Bonchev–Trinajstić information content (AvgIpc) is 2.48. The lowest BCUT2D eigenvalue weighted by Gasteiger charge is -2.35. The maximum atomic E-state index is 12.3. The lowest BCUT2D eigenvalue weighted by atomic mass is 9.90. The quantitative estimate of drug-likeness (QED) is 0.889. The summed E-state index contributed by atoms with van der Waals surface area (Å²) in [6.07, 6.45) is 8.07. The van der Waals surface area contributed by atoms with Gasteiger partial charge in [-0.2, -0.15) is 0 Å². The van der Waals surface area contributed by atoms with Crippen LogP contribution >= 0.6 is 0 Å². The van der Waals surface area contributed by atoms with E-state index in [1.165, 1.54) is 12.8 Å². The molecule has 1 aromatic rings. The average molecular weight is 278 g/mol. The molecule has 0 aliphatic heterocycles. The van der Waals surface area contributed by atoms with Crippen LogP contribution in [0.15, 0.2) is 17.2 Å². The zero-order valence-corrected chi connectivity index (χ0v) is 12.8. The normalized spacial score (nSPS) is 22.8. The number of aromatic nitrogens is 2. The van der Waals surface area contributed by atoms with Gasteiger partial charge in [0.2, 0.25) is 0 Å². The van der Waals surface area contributed by atoms with Crippen molar-refractivity contribution in [1.82, 2.24) is 14.9 Å². The van der Waals surface area contributed by atoms with Gasteiger partial charge in [0.05, 0.1) is 0 Å². The van der Waals surface area contributed by atoms with Gasteiger partial charge in [-0.1, -0.05) is 6.92 Å². The molecule has 112 valence electrons. The number of hydrogen-bond donors (Lipinski definition) is 1. The number of rotatable bonds is 5. The summed E-state index contributed by atoms with van der Waals surface area (Å²) in [6.45, 7) is 5.86. The van der Waals surface area contributed by atoms with Crippen molar-refractivity contribution in [3.05, 3.63) is 22.7 Å². The minimum Gasteiger partial charge on any atom is -0.352 e. The van der Waals surface area contributed by atoms with E-state index in [1.807, 2.05) is 14.0 Å². The Balaban J connectivity index is 2.05. The van der Waals surface area contributed by atoms with Crippen LogP contribution in [-0.2, 0) is 6.54 Å². The third kappa shape index (κ3) is 3.20. The van der Waals surface area contributed by atoms with Crippen LogP contribution in [0, 0.1) is 0 Å². The van der Waals surface area contributed by atoms with Crippen molar-refractivity contribution in [1.29, 1.82) is 0 Å². The Morgan fingerprint density at radius 3 is 2.65 bits per heavy atom. The summed E-state index contributed by atoms with van der Waals surface area (Å²) >= 11 is 0. The fourth-order valence-corrected chi connectivity index (χ4v) is 3.06. The van der Waals surface area contributed by atoms with E-state index in [-0.39, 0.29) is 5.56 Å². The van der Waals surface area contributed by atoms with Crippen molar-refractivity contribution in [2.24, 2.45) is 0 Å². The van der Waals surface area contributed by atoms with E-state index < -0.39 is 0 Å². The van der Waals surface area contributed by atoms with Gasteiger partial charge in [0.25, 0.3) is 5.56 Å². The maximum absolute atomic E-state index is 12.3. The van der Waals surface area contributed by atoms with Crippen molar-refractivity contribution < 1.29 is 0 Å². The van der Waals surface area contributed by atoms with E-state index >= 15 is 0 Å². The minimum atomic E-state index is 0.0197. The second-order valence-corrected chi connectivity index (χ2v) is 5.52. The van der Waals surface area contributed by atoms with Crippen LogP contribution in [-0.4, -0.2) is 35.2 Å². The highest BCUT2D eigenvalue weighted by molar-refractivity contribution is 5.36. The summed E-state index contributed by atoms with van der Waals surface area (Å²) in [7, 11) is 2.00. The molecule has 0 saturated heterocycles. The molecule has 2 rings (SSSR count). The molecule has 1 fully saturated rings. The summed E-state index contributed by atoms with van der Waals surface area (Å²) in [5.74, 6) is 0.584. The monoisotopic (exact) mass is 278 g/mol. The molecule has 1 N–H and O–H groups in total. The smallest absolute Gasteiger partial charge is 0.293 e. The molecule has 0 spiro atoms. The highest BCUT2D eigenvalue weighted by Gasteiger charge is 2.25. The highest BCUT2D eigenvalue weighted by Crippen LogP contribution is 2.24. The van der Waals surface area contributed by atoms with Crippen molar-refractivity contribution in [3.8, 4) is 0 Å². The number of aryl methyl sites for hydroxylation is 1. The number of nitrogens with one attached hydrogen (secondary N) is 1. The van der Waals surface area contributed by atoms with Gasteiger partial charge >= 0.3 is 0 Å². The Morgan fingerprint density at radius 1 is 1.35 bits per heavy atom. The van der Waals surface area contributed by atoms with Gasteiger partial charge in [-0.15, -0.1) is 0 Å². The first-order chi connectivity index (χ1) is 9.67. The summed E-state index contributed by atoms with van der Waals surface area (Å²) < 4.78 is 1.71. The molecule has 5 nitrogen and oxygen atoms in total. The highest BCUT2D eigenvalue weighted by atomic mass is 16.1. The second-order valence-electron chi connectivity index (χ2n) is 5.52. The molecule has 1 saturated carbocycles. The number of anilines is 1. The van der Waals surface area contributed by atoms with E-state index in [2.05, 4.69) is 22.1 Å². The van der Waals surface area contributed by atoms with Gasteiger partial charge in [0.15, 0.2) is 5.82 Å². The molecule has 5 heteroatoms. The van der Waals surface area contributed by atoms with Crippen LogP contribution in [0.25, 0.3) is 0 Å². The predicted octanol–water partition coefficient (Wildman–Crippen LogP) is 1.62. The van der Waals surface area contributed by atoms with Gasteiger partial charge < -0.3 is 14.8 Å². The maximum Gasteiger partial charge on any atom is 0.293 e. The summed E-state index contributed by atoms with van der Waals surface area (Å²) in [4.78, 5) is 18.7. The molecule has 0 bridgehead atoms. The Kier molecular flexibility index (Phi) is 5.17. The lowest BCUT2D eigenvalue weighted by molar-refractivity contribution is 0.340. The molecule has 0 unspecified atom stereocenters. The fourth-order valence-electron chi connectivity index (χ4n) is 3.06. The van der Waals surface area contributed by atoms with Gasteiger partial charge in [-0.25, -0.2) is 4.98 Å². The minimum absolute atomic E-state index is 0.0197. The Bertz CT molecular complexity index is 477. The van der Waals surface area contributed by atoms with Crippen molar-refractivity contribution >= 4 is 5.82 Å². The first kappa shape index (κ1) is 15.0. The van der Waals surface area contributed by atoms with Gasteiger partial charge in [0, 0.05) is 38.1 Å². The summed E-state index contributed by atoms with van der Waals surface area (Å²) in [6, 6.07) is 1.07. The van der Waals surface area contributed by atoms with Crippen molar-refractivity contribution in [2.75, 3.05) is 18.5 Å². The van der Waals surface area contributed by atoms with Crippen LogP contribution < -0.4 is 15.8 Å². The fraction of sp³-hybridized carbons (Fsp3) is 0.733. The predicted molar refractivity (Wildman–Crippen MR) is 82.3 cm³/mol. The van der Waals surface area contributed by atoms with Crippen LogP contribution in [0.2, 0.25) is 0 Å². The SMILES string of the molecule is CCNC1CCC(N(C)c2nccn(CC)c2=O)CC1. The molecule has 0 aromatic carbocycles. The van der Waals surface area contributed by atoms with Crippen LogP contribution in [0.1, 0.15) is 39.5 Å². The molecule has 20 heavy (non-hydrogen) atoms. The molecule has 1 aromatic heterocycles. The summed E-state index contributed by atoms with van der Waals surface area (Å²) in [5.41, 5.74) is 0.0197. The van der Waals surface area contributed by atoms with E-state index in [1.54, 1.807) is 17.0 Å². The third-order valence-corrected chi connectivity index (χ3v) is 4.31. The van der Waals surface area contributed by atoms with Gasteiger partial charge in [0.1, 0.15) is 0 Å². The van der Waals surface area contributed by atoms with Gasteiger partial charge in [-0.05, 0) is 39.2 Å². The number of nitrogens with zero attached hydrogens (tertiary/aromatic N) is 3. The molecular weight excluding hydrogens is 252 g/mol. The molecule has 1 aliphatic rings. The third-order valence-electron chi connectivity index (χ3n) is 4.31.